The third-order valence-electron chi connectivity index (χ3n) is 6.32. The monoisotopic (exact) mass is 542 g/mol. The third-order valence-corrected chi connectivity index (χ3v) is 8.24. The highest BCUT2D eigenvalue weighted by Crippen LogP contribution is 2.33. The molecule has 2 aromatic carbocycles. The molecule has 1 saturated heterocycles. The van der Waals surface area contributed by atoms with Gasteiger partial charge in [0.05, 0.1) is 40.9 Å². The third kappa shape index (κ3) is 5.37. The summed E-state index contributed by atoms with van der Waals surface area (Å²) < 4.78 is 60.4. The molecule has 0 aliphatic carbocycles. The molecule has 1 atom stereocenters. The van der Waals surface area contributed by atoms with E-state index in [1.807, 2.05) is 0 Å². The minimum Gasteiger partial charge on any atom is -0.465 e. The molecule has 0 radical (unpaired) electrons. The average molecular weight is 543 g/mol. The summed E-state index contributed by atoms with van der Waals surface area (Å²) in [5.74, 6) is -1.55. The lowest BCUT2D eigenvalue weighted by Crippen LogP contribution is -2.40. The number of halogens is 2. The van der Waals surface area contributed by atoms with Crippen LogP contribution in [0.5, 0.6) is 0 Å². The van der Waals surface area contributed by atoms with Crippen LogP contribution in [-0.2, 0) is 21.2 Å². The van der Waals surface area contributed by atoms with Crippen molar-refractivity contribution in [1.29, 1.82) is 0 Å². The summed E-state index contributed by atoms with van der Waals surface area (Å²) in [7, 11) is -3.71. The van der Waals surface area contributed by atoms with E-state index in [0.717, 1.165) is 18.2 Å². The molecule has 0 bridgehead atoms. The van der Waals surface area contributed by atoms with Gasteiger partial charge in [-0.3, -0.25) is 0 Å². The molecular weight excluding hydrogens is 518 g/mol. The molecule has 4 aromatic rings. The van der Waals surface area contributed by atoms with Crippen LogP contribution in [-0.4, -0.2) is 60.2 Å². The Morgan fingerprint density at radius 3 is 2.42 bits per heavy atom. The van der Waals surface area contributed by atoms with Gasteiger partial charge in [0.15, 0.2) is 0 Å². The molecule has 2 aromatic heterocycles. The van der Waals surface area contributed by atoms with Crippen molar-refractivity contribution in [2.45, 2.75) is 17.4 Å². The first-order valence-corrected chi connectivity index (χ1v) is 13.3. The zero-order chi connectivity index (χ0) is 26.9. The van der Waals surface area contributed by atoms with Crippen LogP contribution in [0.4, 0.5) is 13.6 Å². The van der Waals surface area contributed by atoms with E-state index < -0.39 is 33.8 Å². The maximum Gasteiger partial charge on any atom is 0.405 e. The Balaban J connectivity index is 1.56. The minimum atomic E-state index is -3.71. The van der Waals surface area contributed by atoms with Crippen LogP contribution in [0.3, 0.4) is 0 Å². The van der Waals surface area contributed by atoms with Crippen molar-refractivity contribution in [1.82, 2.24) is 19.6 Å². The first kappa shape index (κ1) is 25.8. The number of pyridine rings is 1. The quantitative estimate of drug-likeness (QED) is 0.323. The number of carbonyl (C=O) groups is 1. The number of carboxylic acid groups (broad SMARTS) is 1. The number of H-pyrrole nitrogens is 1. The molecule has 0 unspecified atom stereocenters. The number of hydrogen-bond donors (Lipinski definition) is 3. The van der Waals surface area contributed by atoms with Gasteiger partial charge in [-0.05, 0) is 53.9 Å². The largest absolute Gasteiger partial charge is 0.465 e. The number of rotatable bonds is 7. The van der Waals surface area contributed by atoms with Crippen LogP contribution in [0.2, 0.25) is 0 Å². The number of benzene rings is 2. The topological polar surface area (TPSA) is 125 Å². The predicted octanol–water partition coefficient (Wildman–Crippen LogP) is 4.08. The number of amides is 1. The van der Waals surface area contributed by atoms with Crippen molar-refractivity contribution in [3.05, 3.63) is 83.7 Å². The molecule has 3 heterocycles. The van der Waals surface area contributed by atoms with Crippen molar-refractivity contribution >= 4 is 27.1 Å². The smallest absolute Gasteiger partial charge is 0.405 e. The molecule has 5 rings (SSSR count). The lowest BCUT2D eigenvalue weighted by Gasteiger charge is -2.26. The summed E-state index contributed by atoms with van der Waals surface area (Å²) in [4.78, 5) is 19.6. The second kappa shape index (κ2) is 10.5. The highest BCUT2D eigenvalue weighted by atomic mass is 32.2. The molecule has 0 spiro atoms. The van der Waals surface area contributed by atoms with Crippen LogP contribution < -0.4 is 5.32 Å². The molecular formula is C26H24F2N4O5S. The van der Waals surface area contributed by atoms with Crippen LogP contribution >= 0.6 is 0 Å². The summed E-state index contributed by atoms with van der Waals surface area (Å²) in [6.07, 6.45) is 0.284. The normalized spacial score (nSPS) is 15.4. The number of nitrogens with zero attached hydrogens (tertiary/aromatic N) is 2. The maximum atomic E-state index is 13.9. The second-order valence-electron chi connectivity index (χ2n) is 8.86. The fourth-order valence-electron chi connectivity index (χ4n) is 4.56. The van der Waals surface area contributed by atoms with Crippen LogP contribution in [0.1, 0.15) is 17.3 Å². The van der Waals surface area contributed by atoms with Gasteiger partial charge in [0.25, 0.3) is 0 Å². The van der Waals surface area contributed by atoms with E-state index in [9.17, 15) is 27.1 Å². The van der Waals surface area contributed by atoms with Gasteiger partial charge >= 0.3 is 6.09 Å². The summed E-state index contributed by atoms with van der Waals surface area (Å²) in [6.45, 7) is 1.20. The van der Waals surface area contributed by atoms with Crippen LogP contribution in [0, 0.1) is 11.6 Å². The van der Waals surface area contributed by atoms with Crippen molar-refractivity contribution in [2.24, 2.45) is 0 Å². The van der Waals surface area contributed by atoms with E-state index in [1.54, 1.807) is 30.5 Å². The van der Waals surface area contributed by atoms with Gasteiger partial charge in [0, 0.05) is 30.9 Å². The zero-order valence-corrected chi connectivity index (χ0v) is 20.8. The first-order chi connectivity index (χ1) is 18.2. The van der Waals surface area contributed by atoms with E-state index in [4.69, 9.17) is 4.74 Å². The molecule has 1 aliphatic heterocycles. The Bertz CT molecular complexity index is 1560. The minimum absolute atomic E-state index is 0.0690. The molecule has 1 amide bonds. The Hall–Kier alpha value is -3.87. The molecule has 1 fully saturated rings. The first-order valence-electron chi connectivity index (χ1n) is 11.8. The summed E-state index contributed by atoms with van der Waals surface area (Å²) >= 11 is 0. The average Bonchev–Trinajstić information content (AvgIpc) is 3.35. The number of sulfonamides is 1. The number of fused-ring (bicyclic) bond motifs is 1. The van der Waals surface area contributed by atoms with Crippen molar-refractivity contribution in [3.63, 3.8) is 0 Å². The Labute approximate surface area is 217 Å². The molecule has 38 heavy (non-hydrogen) atoms. The van der Waals surface area contributed by atoms with E-state index >= 15 is 0 Å². The van der Waals surface area contributed by atoms with Gasteiger partial charge in [-0.2, -0.15) is 4.31 Å². The van der Waals surface area contributed by atoms with Crippen molar-refractivity contribution < 1.29 is 31.8 Å². The van der Waals surface area contributed by atoms with Gasteiger partial charge in [0.1, 0.15) is 11.6 Å². The Morgan fingerprint density at radius 2 is 1.76 bits per heavy atom. The summed E-state index contributed by atoms with van der Waals surface area (Å²) in [5, 5.41) is 12.0. The van der Waals surface area contributed by atoms with E-state index in [-0.39, 0.29) is 30.0 Å². The number of hydrogen-bond acceptors (Lipinski definition) is 5. The van der Waals surface area contributed by atoms with Crippen LogP contribution in [0.15, 0.2) is 65.7 Å². The van der Waals surface area contributed by atoms with E-state index in [1.165, 1.54) is 16.4 Å². The Kier molecular flexibility index (Phi) is 7.11. The molecule has 198 valence electrons. The number of morpholine rings is 1. The second-order valence-corrected chi connectivity index (χ2v) is 10.8. The van der Waals surface area contributed by atoms with E-state index in [0.29, 0.717) is 41.1 Å². The van der Waals surface area contributed by atoms with Gasteiger partial charge < -0.3 is 20.1 Å². The van der Waals surface area contributed by atoms with Crippen molar-refractivity contribution in [3.8, 4) is 11.1 Å². The molecule has 3 N–H and O–H groups in total. The SMILES string of the molecule is O=C(O)N[C@H](Cc1cc(F)cc(F)c1)c1nc2cc[nH]c2cc1-c1ccc(S(=O)(=O)N2CCOCC2)cc1. The number of aromatic amines is 1. The van der Waals surface area contributed by atoms with Gasteiger partial charge in [-0.25, -0.2) is 27.0 Å². The number of nitrogens with one attached hydrogen (secondary N) is 2. The number of ether oxygens (including phenoxy) is 1. The van der Waals surface area contributed by atoms with Gasteiger partial charge in [0.2, 0.25) is 10.0 Å². The summed E-state index contributed by atoms with van der Waals surface area (Å²) in [5.41, 5.74) is 2.94. The fourth-order valence-corrected chi connectivity index (χ4v) is 5.97. The van der Waals surface area contributed by atoms with Crippen molar-refractivity contribution in [2.75, 3.05) is 26.3 Å². The van der Waals surface area contributed by atoms with Gasteiger partial charge in [-0.1, -0.05) is 12.1 Å². The highest BCUT2D eigenvalue weighted by molar-refractivity contribution is 7.89. The standard InChI is InChI=1S/C26H24F2N4O5S/c27-18-11-16(12-19(28)14-18)13-24(31-26(33)34)25-21(15-23-22(30-25)5-6-29-23)17-1-3-20(4-2-17)38(35,36)32-7-9-37-10-8-32/h1-6,11-12,14-15,24,29,31H,7-10,13H2,(H,33,34)/t24-/m1/s1. The van der Waals surface area contributed by atoms with E-state index in [2.05, 4.69) is 15.3 Å². The fraction of sp³-hybridized carbons (Fsp3) is 0.231. The lowest BCUT2D eigenvalue weighted by molar-refractivity contribution is 0.0730. The molecule has 9 nitrogen and oxygen atoms in total. The lowest BCUT2D eigenvalue weighted by atomic mass is 9.95. The zero-order valence-electron chi connectivity index (χ0n) is 20.0. The molecule has 1 aliphatic rings. The predicted molar refractivity (Wildman–Crippen MR) is 135 cm³/mol. The molecule has 0 saturated carbocycles. The highest BCUT2D eigenvalue weighted by Gasteiger charge is 2.27. The maximum absolute atomic E-state index is 13.9. The van der Waals surface area contributed by atoms with Crippen LogP contribution in [0.25, 0.3) is 22.2 Å². The number of aromatic nitrogens is 2. The summed E-state index contributed by atoms with van der Waals surface area (Å²) in [6, 6.07) is 11.8. The Morgan fingerprint density at radius 1 is 1.08 bits per heavy atom. The molecule has 12 heteroatoms. The van der Waals surface area contributed by atoms with Gasteiger partial charge in [-0.15, -0.1) is 0 Å².